The molecular formula is C35H38N3O10S2-. The van der Waals surface area contributed by atoms with Gasteiger partial charge in [-0.15, -0.1) is 0 Å². The maximum atomic E-state index is 13.7. The number of benzene rings is 2. The molecule has 1 amide bonds. The number of Topliss-reactive ketones (excluding diaryl/α,β-unsaturated/α-hetero) is 1. The number of sulfonamides is 1. The third-order valence-electron chi connectivity index (χ3n) is 9.37. The van der Waals surface area contributed by atoms with Crippen molar-refractivity contribution in [1.82, 2.24) is 4.72 Å². The van der Waals surface area contributed by atoms with Gasteiger partial charge in [0.05, 0.1) is 16.6 Å². The van der Waals surface area contributed by atoms with Crippen LogP contribution in [0, 0.1) is 0 Å². The van der Waals surface area contributed by atoms with E-state index in [1.807, 2.05) is 42.8 Å². The molecule has 0 saturated heterocycles. The first-order valence-electron chi connectivity index (χ1n) is 15.9. The van der Waals surface area contributed by atoms with Gasteiger partial charge in [0.25, 0.3) is 5.91 Å². The highest BCUT2D eigenvalue weighted by molar-refractivity contribution is 7.89. The van der Waals surface area contributed by atoms with Crippen LogP contribution in [0.1, 0.15) is 64.5 Å². The molecule has 0 fully saturated rings. The summed E-state index contributed by atoms with van der Waals surface area (Å²) >= 11 is 0. The van der Waals surface area contributed by atoms with Gasteiger partial charge in [0.2, 0.25) is 22.3 Å². The normalized spacial score (nSPS) is 19.6. The van der Waals surface area contributed by atoms with Crippen LogP contribution in [-0.2, 0) is 45.4 Å². The minimum atomic E-state index is -4.85. The number of fused-ring (bicyclic) bond motifs is 2. The zero-order valence-corrected chi connectivity index (χ0v) is 29.9. The SMILES string of the molecule is CC1(C)C(/C=C2\C(=O)C(/C=C3/N(CCCCCC(=O)O)c4ccccc4C3(C)C)=C2[O-])=[N+](CC(=O)NS(C)(=O)=O)c2ccc(S(=O)(=O)[O-])cc21. The number of hydrogen-bond acceptors (Lipinski definition) is 10. The fourth-order valence-corrected chi connectivity index (χ4v) is 7.83. The molecule has 50 heavy (non-hydrogen) atoms. The lowest BCUT2D eigenvalue weighted by Gasteiger charge is -2.33. The Bertz CT molecular complexity index is 2180. The van der Waals surface area contributed by atoms with Gasteiger partial charge in [-0.2, -0.15) is 4.58 Å². The molecule has 2 aromatic carbocycles. The summed E-state index contributed by atoms with van der Waals surface area (Å²) in [4.78, 5) is 39.0. The van der Waals surface area contributed by atoms with Crippen molar-refractivity contribution in [3.63, 3.8) is 0 Å². The number of rotatable bonds is 12. The number of amides is 1. The Hall–Kier alpha value is -4.60. The lowest BCUT2D eigenvalue weighted by molar-refractivity contribution is -0.425. The van der Waals surface area contributed by atoms with E-state index in [2.05, 4.69) is 4.90 Å². The molecule has 1 aliphatic carbocycles. The summed E-state index contributed by atoms with van der Waals surface area (Å²) in [6, 6.07) is 11.3. The maximum Gasteiger partial charge on any atom is 0.303 e. The van der Waals surface area contributed by atoms with Gasteiger partial charge in [-0.25, -0.2) is 21.6 Å². The number of carbonyl (C=O) groups excluding carboxylic acids is 2. The molecule has 266 valence electrons. The van der Waals surface area contributed by atoms with Gasteiger partial charge in [-0.05, 0) is 56.5 Å². The zero-order valence-electron chi connectivity index (χ0n) is 28.3. The molecule has 2 N–H and O–H groups in total. The van der Waals surface area contributed by atoms with Crippen LogP contribution in [0.2, 0.25) is 0 Å². The van der Waals surface area contributed by atoms with Gasteiger partial charge < -0.3 is 19.7 Å². The number of ketones is 1. The van der Waals surface area contributed by atoms with Crippen LogP contribution < -0.4 is 14.7 Å². The Morgan fingerprint density at radius 1 is 0.960 bits per heavy atom. The van der Waals surface area contributed by atoms with E-state index in [4.69, 9.17) is 5.11 Å². The minimum absolute atomic E-state index is 0.0435. The second kappa shape index (κ2) is 12.9. The summed E-state index contributed by atoms with van der Waals surface area (Å²) in [5.41, 5.74) is 1.63. The summed E-state index contributed by atoms with van der Waals surface area (Å²) in [6.45, 7) is 7.32. The maximum absolute atomic E-state index is 13.7. The van der Waals surface area contributed by atoms with Gasteiger partial charge in [0, 0.05) is 58.6 Å². The molecule has 15 heteroatoms. The van der Waals surface area contributed by atoms with Crippen LogP contribution in [0.4, 0.5) is 11.4 Å². The molecule has 13 nitrogen and oxygen atoms in total. The summed E-state index contributed by atoms with van der Waals surface area (Å²) in [6.07, 6.45) is 5.70. The predicted octanol–water partition coefficient (Wildman–Crippen LogP) is 2.49. The number of carboxylic acids is 1. The highest BCUT2D eigenvalue weighted by Crippen LogP contribution is 2.49. The molecule has 3 aliphatic rings. The second-order valence-electron chi connectivity index (χ2n) is 13.7. The Morgan fingerprint density at radius 3 is 2.26 bits per heavy atom. The largest absolute Gasteiger partial charge is 0.871 e. The second-order valence-corrected chi connectivity index (χ2v) is 16.8. The van der Waals surface area contributed by atoms with Crippen molar-refractivity contribution >= 4 is 54.9 Å². The van der Waals surface area contributed by atoms with Gasteiger partial charge in [0.1, 0.15) is 10.1 Å². The third-order valence-corrected chi connectivity index (χ3v) is 10.8. The number of carbonyl (C=O) groups is 3. The van der Waals surface area contributed by atoms with Crippen LogP contribution in [0.5, 0.6) is 0 Å². The van der Waals surface area contributed by atoms with E-state index >= 15 is 0 Å². The summed E-state index contributed by atoms with van der Waals surface area (Å²) < 4.78 is 62.4. The highest BCUT2D eigenvalue weighted by atomic mass is 32.2. The molecule has 2 aliphatic heterocycles. The van der Waals surface area contributed by atoms with Crippen molar-refractivity contribution in [1.29, 1.82) is 0 Å². The number of hydrogen-bond donors (Lipinski definition) is 2. The minimum Gasteiger partial charge on any atom is -0.871 e. The van der Waals surface area contributed by atoms with E-state index in [1.54, 1.807) is 19.9 Å². The van der Waals surface area contributed by atoms with Gasteiger partial charge in [0.15, 0.2) is 11.5 Å². The van der Waals surface area contributed by atoms with Crippen LogP contribution >= 0.6 is 0 Å². The van der Waals surface area contributed by atoms with Crippen molar-refractivity contribution in [3.8, 4) is 0 Å². The Morgan fingerprint density at radius 2 is 1.64 bits per heavy atom. The zero-order chi connectivity index (χ0) is 37.0. The molecular weight excluding hydrogens is 687 g/mol. The van der Waals surface area contributed by atoms with E-state index in [0.29, 0.717) is 37.1 Å². The van der Waals surface area contributed by atoms with E-state index in [9.17, 15) is 40.9 Å². The van der Waals surface area contributed by atoms with Crippen LogP contribution in [0.15, 0.2) is 82.1 Å². The molecule has 0 atom stereocenters. The monoisotopic (exact) mass is 724 g/mol. The fourth-order valence-electron chi connectivity index (χ4n) is 6.86. The van der Waals surface area contributed by atoms with Gasteiger partial charge in [-0.1, -0.05) is 44.2 Å². The molecule has 0 aromatic heterocycles. The van der Waals surface area contributed by atoms with Gasteiger partial charge >= 0.3 is 5.97 Å². The molecule has 0 spiro atoms. The summed E-state index contributed by atoms with van der Waals surface area (Å²) in [5, 5.41) is 22.7. The fraction of sp³-hybridized carbons (Fsp3) is 0.371. The molecule has 0 bridgehead atoms. The van der Waals surface area contributed by atoms with E-state index in [0.717, 1.165) is 29.3 Å². The van der Waals surface area contributed by atoms with E-state index in [-0.39, 0.29) is 23.3 Å². The van der Waals surface area contributed by atoms with Crippen LogP contribution in [0.3, 0.4) is 0 Å². The first-order chi connectivity index (χ1) is 23.1. The first kappa shape index (κ1) is 36.7. The predicted molar refractivity (Wildman–Crippen MR) is 181 cm³/mol. The molecule has 5 rings (SSSR count). The van der Waals surface area contributed by atoms with Crippen molar-refractivity contribution in [2.75, 3.05) is 24.2 Å². The lowest BCUT2D eigenvalue weighted by atomic mass is 9.77. The number of allylic oxidation sites excluding steroid dienone is 5. The smallest absolute Gasteiger partial charge is 0.303 e. The average molecular weight is 725 g/mol. The molecule has 0 saturated carbocycles. The van der Waals surface area contributed by atoms with Crippen molar-refractivity contribution in [2.24, 2.45) is 0 Å². The number of para-hydroxylation sites is 1. The van der Waals surface area contributed by atoms with Crippen LogP contribution in [0.25, 0.3) is 0 Å². The number of unbranched alkanes of at least 4 members (excludes halogenated alkanes) is 2. The number of aliphatic carboxylic acids is 1. The first-order valence-corrected chi connectivity index (χ1v) is 19.2. The molecule has 2 heterocycles. The van der Waals surface area contributed by atoms with E-state index < -0.39 is 65.8 Å². The summed E-state index contributed by atoms with van der Waals surface area (Å²) in [5.74, 6) is -2.86. The third kappa shape index (κ3) is 6.89. The quantitative estimate of drug-likeness (QED) is 0.141. The average Bonchev–Trinajstić information content (AvgIpc) is 3.34. The van der Waals surface area contributed by atoms with Crippen LogP contribution in [-0.4, -0.2) is 73.8 Å². The number of nitrogens with one attached hydrogen (secondary N) is 1. The number of carboxylic acid groups (broad SMARTS) is 1. The Labute approximate surface area is 291 Å². The molecule has 2 aromatic rings. The van der Waals surface area contributed by atoms with E-state index in [1.165, 1.54) is 22.8 Å². The summed E-state index contributed by atoms with van der Waals surface area (Å²) in [7, 11) is -8.78. The van der Waals surface area contributed by atoms with Crippen molar-refractivity contribution < 1.29 is 50.6 Å². The topological polar surface area (TPSA) is 204 Å². The lowest BCUT2D eigenvalue weighted by Crippen LogP contribution is -2.38. The van der Waals surface area contributed by atoms with Crippen molar-refractivity contribution in [3.05, 3.63) is 88.3 Å². The standard InChI is InChI=1S/C35H39N3O10S2/c1-34(2)24-11-8-9-12-26(24)37(16-10-6-7-13-31(40)41)28(34)18-22-32(42)23(33(22)43)19-29-35(3,4)25-17-21(50(46,47)48)14-15-27(25)38(29)20-30(39)36-49(5,44)45/h8-9,11-12,14-15,17-19H,6-7,10,13,16,20H2,1-5H3,(H3-,36,39,40,41,42,43,46,47,48)/p-1. The Balaban J connectivity index is 1.56. The highest BCUT2D eigenvalue weighted by Gasteiger charge is 2.47. The molecule has 0 unspecified atom stereocenters. The molecule has 0 radical (unpaired) electrons. The van der Waals surface area contributed by atoms with Gasteiger partial charge in [-0.3, -0.25) is 14.4 Å². The number of nitrogens with zero attached hydrogens (tertiary/aromatic N) is 2. The number of anilines is 1. The Kier molecular flexibility index (Phi) is 9.49. The van der Waals surface area contributed by atoms with Crippen molar-refractivity contribution in [2.45, 2.75) is 69.1 Å².